The van der Waals surface area contributed by atoms with E-state index in [1.54, 1.807) is 0 Å². The molecule has 1 aliphatic carbocycles. The molecule has 2 aliphatic rings. The monoisotopic (exact) mass is 239 g/mol. The van der Waals surface area contributed by atoms with Crippen LogP contribution in [0.1, 0.15) is 37.4 Å². The molecule has 1 unspecified atom stereocenters. The standard InChI is InChI=1S/C11H17N3OS/c16-11-13-12-10(9-3-4-9)14(11)6-8-2-1-5-15-7-8/h8-9H,1-7H2,(H,13,16). The summed E-state index contributed by atoms with van der Waals surface area (Å²) < 4.78 is 8.47. The van der Waals surface area contributed by atoms with E-state index in [9.17, 15) is 0 Å². The van der Waals surface area contributed by atoms with Gasteiger partial charge in [0.15, 0.2) is 4.77 Å². The molecule has 88 valence electrons. The summed E-state index contributed by atoms with van der Waals surface area (Å²) in [6, 6.07) is 0. The van der Waals surface area contributed by atoms with Crippen molar-refractivity contribution in [2.24, 2.45) is 5.92 Å². The second kappa shape index (κ2) is 4.30. The van der Waals surface area contributed by atoms with E-state index in [4.69, 9.17) is 17.0 Å². The van der Waals surface area contributed by atoms with E-state index in [2.05, 4.69) is 14.8 Å². The van der Waals surface area contributed by atoms with Crippen molar-refractivity contribution in [1.82, 2.24) is 14.8 Å². The summed E-state index contributed by atoms with van der Waals surface area (Å²) in [5.41, 5.74) is 0. The maximum Gasteiger partial charge on any atom is 0.195 e. The highest BCUT2D eigenvalue weighted by atomic mass is 32.1. The van der Waals surface area contributed by atoms with Gasteiger partial charge in [-0.1, -0.05) is 0 Å². The molecular weight excluding hydrogens is 222 g/mol. The van der Waals surface area contributed by atoms with E-state index in [0.717, 1.165) is 30.4 Å². The smallest absolute Gasteiger partial charge is 0.195 e. The Kier molecular flexibility index (Phi) is 2.81. The molecule has 0 bridgehead atoms. The fraction of sp³-hybridized carbons (Fsp3) is 0.818. The number of aromatic nitrogens is 3. The van der Waals surface area contributed by atoms with Crippen LogP contribution < -0.4 is 0 Å². The fourth-order valence-electron chi connectivity index (χ4n) is 2.37. The van der Waals surface area contributed by atoms with Crippen molar-refractivity contribution in [3.8, 4) is 0 Å². The van der Waals surface area contributed by atoms with Crippen molar-refractivity contribution in [2.45, 2.75) is 38.1 Å². The molecule has 0 radical (unpaired) electrons. The van der Waals surface area contributed by atoms with Crippen LogP contribution in [0.3, 0.4) is 0 Å². The predicted octanol–water partition coefficient (Wildman–Crippen LogP) is 2.24. The van der Waals surface area contributed by atoms with Crippen LogP contribution in [0.2, 0.25) is 0 Å². The number of nitrogens with one attached hydrogen (secondary N) is 1. The van der Waals surface area contributed by atoms with Crippen molar-refractivity contribution >= 4 is 12.2 Å². The Hall–Kier alpha value is -0.680. The normalized spacial score (nSPS) is 25.9. The molecule has 1 aromatic heterocycles. The number of hydrogen-bond donors (Lipinski definition) is 1. The minimum absolute atomic E-state index is 0.607. The molecule has 1 aliphatic heterocycles. The summed E-state index contributed by atoms with van der Waals surface area (Å²) in [4.78, 5) is 0. The van der Waals surface area contributed by atoms with Crippen LogP contribution in [0, 0.1) is 10.7 Å². The van der Waals surface area contributed by atoms with Gasteiger partial charge in [0.1, 0.15) is 5.82 Å². The van der Waals surface area contributed by atoms with E-state index >= 15 is 0 Å². The Bertz CT molecular complexity index is 415. The average molecular weight is 239 g/mol. The first-order chi connectivity index (χ1) is 7.84. The van der Waals surface area contributed by atoms with Crippen molar-refractivity contribution in [3.63, 3.8) is 0 Å². The van der Waals surface area contributed by atoms with E-state index in [1.807, 2.05) is 0 Å². The fourth-order valence-corrected chi connectivity index (χ4v) is 2.58. The lowest BCUT2D eigenvalue weighted by Crippen LogP contribution is -2.23. The van der Waals surface area contributed by atoms with Gasteiger partial charge in [-0.25, -0.2) is 0 Å². The summed E-state index contributed by atoms with van der Waals surface area (Å²) in [7, 11) is 0. The zero-order valence-electron chi connectivity index (χ0n) is 9.32. The molecule has 1 saturated carbocycles. The van der Waals surface area contributed by atoms with Gasteiger partial charge in [0, 0.05) is 25.0 Å². The molecule has 4 nitrogen and oxygen atoms in total. The number of H-pyrrole nitrogens is 1. The summed E-state index contributed by atoms with van der Waals surface area (Å²) in [6.07, 6.45) is 4.95. The van der Waals surface area contributed by atoms with Crippen molar-refractivity contribution in [3.05, 3.63) is 10.6 Å². The molecular formula is C11H17N3OS. The molecule has 1 saturated heterocycles. The molecule has 0 aromatic carbocycles. The van der Waals surface area contributed by atoms with Gasteiger partial charge >= 0.3 is 0 Å². The summed E-state index contributed by atoms with van der Waals surface area (Å²) in [5.74, 6) is 2.42. The minimum Gasteiger partial charge on any atom is -0.381 e. The maximum atomic E-state index is 5.51. The Morgan fingerprint density at radius 3 is 3.00 bits per heavy atom. The van der Waals surface area contributed by atoms with Crippen molar-refractivity contribution in [1.29, 1.82) is 0 Å². The number of aromatic amines is 1. The second-order valence-electron chi connectivity index (χ2n) is 4.86. The highest BCUT2D eigenvalue weighted by Gasteiger charge is 2.29. The largest absolute Gasteiger partial charge is 0.381 e. The quantitative estimate of drug-likeness (QED) is 0.823. The summed E-state index contributed by atoms with van der Waals surface area (Å²) in [5, 5.41) is 7.27. The van der Waals surface area contributed by atoms with Crippen LogP contribution in [-0.4, -0.2) is 28.0 Å². The Balaban J connectivity index is 1.76. The van der Waals surface area contributed by atoms with Crippen LogP contribution >= 0.6 is 12.2 Å². The van der Waals surface area contributed by atoms with Crippen molar-refractivity contribution < 1.29 is 4.74 Å². The first kappa shape index (κ1) is 10.5. The number of hydrogen-bond acceptors (Lipinski definition) is 3. The minimum atomic E-state index is 0.607. The summed E-state index contributed by atoms with van der Waals surface area (Å²) in [6.45, 7) is 2.76. The highest BCUT2D eigenvalue weighted by molar-refractivity contribution is 7.71. The van der Waals surface area contributed by atoms with Gasteiger partial charge < -0.3 is 9.30 Å². The number of rotatable bonds is 3. The topological polar surface area (TPSA) is 42.8 Å². The van der Waals surface area contributed by atoms with Crippen molar-refractivity contribution in [2.75, 3.05) is 13.2 Å². The van der Waals surface area contributed by atoms with Crippen LogP contribution in [0.15, 0.2) is 0 Å². The lowest BCUT2D eigenvalue weighted by molar-refractivity contribution is 0.0479. The number of nitrogens with zero attached hydrogens (tertiary/aromatic N) is 2. The third-order valence-corrected chi connectivity index (χ3v) is 3.74. The Morgan fingerprint density at radius 2 is 2.31 bits per heavy atom. The second-order valence-corrected chi connectivity index (χ2v) is 5.24. The van der Waals surface area contributed by atoms with Crippen LogP contribution in [0.4, 0.5) is 0 Å². The first-order valence-corrected chi connectivity index (χ1v) is 6.48. The lowest BCUT2D eigenvalue weighted by atomic mass is 10.0. The molecule has 3 rings (SSSR count). The molecule has 1 atom stereocenters. The maximum absolute atomic E-state index is 5.51. The molecule has 2 fully saturated rings. The van der Waals surface area contributed by atoms with Gasteiger partial charge in [-0.05, 0) is 37.9 Å². The highest BCUT2D eigenvalue weighted by Crippen LogP contribution is 2.39. The van der Waals surface area contributed by atoms with Gasteiger partial charge in [-0.3, -0.25) is 5.10 Å². The zero-order chi connectivity index (χ0) is 11.0. The van der Waals surface area contributed by atoms with Crippen LogP contribution in [-0.2, 0) is 11.3 Å². The van der Waals surface area contributed by atoms with Crippen LogP contribution in [0.25, 0.3) is 0 Å². The molecule has 1 N–H and O–H groups in total. The molecule has 0 amide bonds. The molecule has 1 aromatic rings. The third-order valence-electron chi connectivity index (χ3n) is 3.43. The average Bonchev–Trinajstić information content (AvgIpc) is 3.08. The number of ether oxygens (including phenoxy) is 1. The van der Waals surface area contributed by atoms with Gasteiger partial charge in [0.05, 0.1) is 6.61 Å². The summed E-state index contributed by atoms with van der Waals surface area (Å²) >= 11 is 5.29. The molecule has 2 heterocycles. The van der Waals surface area contributed by atoms with Gasteiger partial charge in [0.25, 0.3) is 0 Å². The lowest BCUT2D eigenvalue weighted by Gasteiger charge is -2.22. The van der Waals surface area contributed by atoms with E-state index in [0.29, 0.717) is 11.8 Å². The zero-order valence-corrected chi connectivity index (χ0v) is 10.1. The first-order valence-electron chi connectivity index (χ1n) is 6.07. The molecule has 0 spiro atoms. The molecule has 5 heteroatoms. The van der Waals surface area contributed by atoms with E-state index in [1.165, 1.54) is 25.7 Å². The third kappa shape index (κ3) is 2.06. The molecule has 16 heavy (non-hydrogen) atoms. The Labute approximate surface area is 100 Å². The van der Waals surface area contributed by atoms with Crippen LogP contribution in [0.5, 0.6) is 0 Å². The van der Waals surface area contributed by atoms with Gasteiger partial charge in [-0.2, -0.15) is 5.10 Å². The SMILES string of the molecule is S=c1[nH]nc(C2CC2)n1CC1CCCOC1. The van der Waals surface area contributed by atoms with Gasteiger partial charge in [0.2, 0.25) is 0 Å². The van der Waals surface area contributed by atoms with E-state index < -0.39 is 0 Å². The van der Waals surface area contributed by atoms with E-state index in [-0.39, 0.29) is 0 Å². The predicted molar refractivity (Wildman–Crippen MR) is 62.9 cm³/mol. The Morgan fingerprint density at radius 1 is 1.44 bits per heavy atom. The van der Waals surface area contributed by atoms with Gasteiger partial charge in [-0.15, -0.1) is 0 Å².